The lowest BCUT2D eigenvalue weighted by molar-refractivity contribution is -0.126. The molecule has 9 heteroatoms. The van der Waals surface area contributed by atoms with Crippen molar-refractivity contribution >= 4 is 25.8 Å². The Morgan fingerprint density at radius 2 is 1.56 bits per heavy atom. The summed E-state index contributed by atoms with van der Waals surface area (Å²) in [4.78, 5) is 12.9. The van der Waals surface area contributed by atoms with Gasteiger partial charge in [-0.2, -0.15) is 0 Å². The van der Waals surface area contributed by atoms with Crippen LogP contribution in [0.25, 0.3) is 0 Å². The van der Waals surface area contributed by atoms with Gasteiger partial charge in [0.1, 0.15) is 0 Å². The lowest BCUT2D eigenvalue weighted by Crippen LogP contribution is -2.43. The minimum atomic E-state index is -3.43. The second-order valence-electron chi connectivity index (χ2n) is 8.49. The predicted octanol–water partition coefficient (Wildman–Crippen LogP) is 2.82. The van der Waals surface area contributed by atoms with E-state index in [1.54, 1.807) is 12.1 Å². The molecule has 0 aromatic heterocycles. The molecule has 1 N–H and O–H groups in total. The molecule has 32 heavy (non-hydrogen) atoms. The molecule has 1 fully saturated rings. The average molecular weight is 479 g/mol. The van der Waals surface area contributed by atoms with Crippen molar-refractivity contribution in [2.24, 2.45) is 5.92 Å². The first-order valence-electron chi connectivity index (χ1n) is 10.6. The summed E-state index contributed by atoms with van der Waals surface area (Å²) < 4.78 is 50.2. The minimum absolute atomic E-state index is 0.0371. The van der Waals surface area contributed by atoms with Gasteiger partial charge in [0.15, 0.2) is 9.84 Å². The van der Waals surface area contributed by atoms with Crippen LogP contribution < -0.4 is 5.32 Å². The van der Waals surface area contributed by atoms with Crippen molar-refractivity contribution in [2.75, 3.05) is 19.3 Å². The van der Waals surface area contributed by atoms with Crippen LogP contribution in [0.1, 0.15) is 42.5 Å². The van der Waals surface area contributed by atoms with Gasteiger partial charge >= 0.3 is 0 Å². The summed E-state index contributed by atoms with van der Waals surface area (Å²) in [7, 11) is -6.69. The fourth-order valence-corrected chi connectivity index (χ4v) is 5.99. The first-order valence-corrected chi connectivity index (χ1v) is 14.1. The normalized spacial score (nSPS) is 17.1. The zero-order valence-electron chi connectivity index (χ0n) is 18.6. The van der Waals surface area contributed by atoms with Gasteiger partial charge in [0.25, 0.3) is 0 Å². The number of hydrogen-bond acceptors (Lipinski definition) is 5. The molecule has 174 valence electrons. The van der Waals surface area contributed by atoms with Gasteiger partial charge in [0.2, 0.25) is 15.9 Å². The summed E-state index contributed by atoms with van der Waals surface area (Å²) in [6.07, 6.45) is 2.10. The third-order valence-corrected chi connectivity index (χ3v) is 8.83. The molecule has 1 saturated heterocycles. The van der Waals surface area contributed by atoms with Crippen molar-refractivity contribution in [1.82, 2.24) is 9.62 Å². The molecular weight excluding hydrogens is 448 g/mol. The molecule has 0 spiro atoms. The van der Waals surface area contributed by atoms with Crippen LogP contribution in [0.2, 0.25) is 0 Å². The van der Waals surface area contributed by atoms with Gasteiger partial charge in [0, 0.05) is 25.3 Å². The molecule has 3 rings (SSSR count). The van der Waals surface area contributed by atoms with Crippen LogP contribution in [-0.4, -0.2) is 46.4 Å². The zero-order valence-corrected chi connectivity index (χ0v) is 20.2. The monoisotopic (exact) mass is 478 g/mol. The van der Waals surface area contributed by atoms with Gasteiger partial charge in [-0.05, 0) is 49.9 Å². The van der Waals surface area contributed by atoms with E-state index in [0.29, 0.717) is 25.9 Å². The number of nitrogens with zero attached hydrogens (tertiary/aromatic N) is 1. The standard InChI is InChI=1S/C23H30N2O5S2/c1-17-4-6-19(7-5-17)16-32(29,30)25-14-12-21(13-15-25)23(26)24-18(2)20-8-10-22(11-9-20)31(3,27)28/h4-11,18,21H,12-16H2,1-3H3,(H,24,26). The third kappa shape index (κ3) is 6.17. The van der Waals surface area contributed by atoms with Crippen LogP contribution in [0.15, 0.2) is 53.4 Å². The smallest absolute Gasteiger partial charge is 0.223 e. The Kier molecular flexibility index (Phi) is 7.42. The topological polar surface area (TPSA) is 101 Å². The number of rotatable bonds is 7. The SMILES string of the molecule is Cc1ccc(CS(=O)(=O)N2CCC(C(=O)NC(C)c3ccc(S(C)(=O)=O)cc3)CC2)cc1. The second kappa shape index (κ2) is 9.72. The maximum absolute atomic E-state index is 12.8. The number of amides is 1. The first kappa shape index (κ1) is 24.4. The first-order chi connectivity index (χ1) is 15.0. The van der Waals surface area contributed by atoms with E-state index in [1.807, 2.05) is 38.1 Å². The third-order valence-electron chi connectivity index (χ3n) is 5.85. The Hall–Kier alpha value is -2.23. The van der Waals surface area contributed by atoms with Crippen molar-refractivity contribution in [2.45, 2.75) is 43.4 Å². The number of sulfone groups is 1. The average Bonchev–Trinajstić information content (AvgIpc) is 2.75. The molecule has 0 saturated carbocycles. The largest absolute Gasteiger partial charge is 0.349 e. The number of carbonyl (C=O) groups is 1. The van der Waals surface area contributed by atoms with Crippen molar-refractivity contribution in [1.29, 1.82) is 0 Å². The fourth-order valence-electron chi connectivity index (χ4n) is 3.80. The Morgan fingerprint density at radius 1 is 1.00 bits per heavy atom. The maximum atomic E-state index is 12.8. The molecule has 1 amide bonds. The number of piperidine rings is 1. The molecule has 1 unspecified atom stereocenters. The number of nitrogens with one attached hydrogen (secondary N) is 1. The van der Waals surface area contributed by atoms with Crippen LogP contribution in [-0.2, 0) is 30.4 Å². The highest BCUT2D eigenvalue weighted by Crippen LogP contribution is 2.23. The highest BCUT2D eigenvalue weighted by Gasteiger charge is 2.31. The molecule has 1 atom stereocenters. The fraction of sp³-hybridized carbons (Fsp3) is 0.435. The summed E-state index contributed by atoms with van der Waals surface area (Å²) in [5.74, 6) is -0.399. The summed E-state index contributed by atoms with van der Waals surface area (Å²) in [5.41, 5.74) is 2.65. The molecule has 0 radical (unpaired) electrons. The van der Waals surface area contributed by atoms with E-state index in [2.05, 4.69) is 5.32 Å². The van der Waals surface area contributed by atoms with Crippen molar-refractivity contribution in [3.8, 4) is 0 Å². The van der Waals surface area contributed by atoms with Gasteiger partial charge < -0.3 is 5.32 Å². The van der Waals surface area contributed by atoms with E-state index in [9.17, 15) is 21.6 Å². The second-order valence-corrected chi connectivity index (χ2v) is 12.5. The van der Waals surface area contributed by atoms with E-state index >= 15 is 0 Å². The number of aryl methyl sites for hydroxylation is 1. The van der Waals surface area contributed by atoms with Crippen LogP contribution in [0, 0.1) is 12.8 Å². The van der Waals surface area contributed by atoms with E-state index in [-0.39, 0.29) is 28.5 Å². The van der Waals surface area contributed by atoms with E-state index in [4.69, 9.17) is 0 Å². The van der Waals surface area contributed by atoms with E-state index < -0.39 is 19.9 Å². The number of sulfonamides is 1. The van der Waals surface area contributed by atoms with Gasteiger partial charge in [-0.1, -0.05) is 42.0 Å². The van der Waals surface area contributed by atoms with Crippen LogP contribution in [0.3, 0.4) is 0 Å². The number of benzene rings is 2. The quantitative estimate of drug-likeness (QED) is 0.660. The van der Waals surface area contributed by atoms with E-state index in [0.717, 1.165) is 22.9 Å². The lowest BCUT2D eigenvalue weighted by Gasteiger charge is -2.31. The Morgan fingerprint density at radius 3 is 2.09 bits per heavy atom. The molecule has 7 nitrogen and oxygen atoms in total. The van der Waals surface area contributed by atoms with Gasteiger partial charge in [-0.3, -0.25) is 4.79 Å². The molecule has 1 aliphatic rings. The molecule has 0 bridgehead atoms. The predicted molar refractivity (Wildman–Crippen MR) is 124 cm³/mol. The molecular formula is C23H30N2O5S2. The maximum Gasteiger partial charge on any atom is 0.223 e. The molecule has 0 aliphatic carbocycles. The van der Waals surface area contributed by atoms with Gasteiger partial charge in [-0.15, -0.1) is 0 Å². The number of carbonyl (C=O) groups excluding carboxylic acids is 1. The summed E-state index contributed by atoms with van der Waals surface area (Å²) in [6, 6.07) is 13.6. The van der Waals surface area contributed by atoms with Crippen LogP contribution in [0.5, 0.6) is 0 Å². The summed E-state index contributed by atoms with van der Waals surface area (Å²) in [6.45, 7) is 4.45. The summed E-state index contributed by atoms with van der Waals surface area (Å²) in [5, 5.41) is 2.97. The molecule has 2 aromatic rings. The zero-order chi connectivity index (χ0) is 23.5. The van der Waals surface area contributed by atoms with Crippen molar-refractivity contribution in [3.05, 3.63) is 65.2 Å². The molecule has 1 heterocycles. The van der Waals surface area contributed by atoms with E-state index in [1.165, 1.54) is 16.4 Å². The van der Waals surface area contributed by atoms with Gasteiger partial charge in [-0.25, -0.2) is 21.1 Å². The Balaban J connectivity index is 1.54. The van der Waals surface area contributed by atoms with Crippen molar-refractivity contribution in [3.63, 3.8) is 0 Å². The lowest BCUT2D eigenvalue weighted by atomic mass is 9.96. The van der Waals surface area contributed by atoms with Gasteiger partial charge in [0.05, 0.1) is 16.7 Å². The van der Waals surface area contributed by atoms with Crippen LogP contribution in [0.4, 0.5) is 0 Å². The highest BCUT2D eigenvalue weighted by atomic mass is 32.2. The van der Waals surface area contributed by atoms with Crippen molar-refractivity contribution < 1.29 is 21.6 Å². The molecule has 1 aliphatic heterocycles. The Labute approximate surface area is 190 Å². The minimum Gasteiger partial charge on any atom is -0.349 e. The summed E-state index contributed by atoms with van der Waals surface area (Å²) >= 11 is 0. The molecule has 2 aromatic carbocycles. The highest BCUT2D eigenvalue weighted by molar-refractivity contribution is 7.90. The van der Waals surface area contributed by atoms with Crippen LogP contribution >= 0.6 is 0 Å². The number of hydrogen-bond donors (Lipinski definition) is 1. The Bertz CT molecular complexity index is 1150.